The highest BCUT2D eigenvalue weighted by atomic mass is 32.2. The maximum atomic E-state index is 12.1. The summed E-state index contributed by atoms with van der Waals surface area (Å²) >= 11 is 0. The summed E-state index contributed by atoms with van der Waals surface area (Å²) in [6, 6.07) is 6.48. The van der Waals surface area contributed by atoms with Crippen molar-refractivity contribution in [2.24, 2.45) is 5.92 Å². The van der Waals surface area contributed by atoms with Crippen molar-refractivity contribution in [2.75, 3.05) is 6.61 Å². The molecule has 2 N–H and O–H groups in total. The molecule has 0 bridgehead atoms. The molecule has 1 atom stereocenters. The van der Waals surface area contributed by atoms with Crippen LogP contribution in [0.1, 0.15) is 32.8 Å². The highest BCUT2D eigenvalue weighted by molar-refractivity contribution is 7.89. The van der Waals surface area contributed by atoms with Crippen LogP contribution in [-0.4, -0.2) is 26.2 Å². The molecule has 0 aliphatic rings. The summed E-state index contributed by atoms with van der Waals surface area (Å²) < 4.78 is 26.6. The average Bonchev–Trinajstić information content (AvgIpc) is 2.36. The molecule has 4 nitrogen and oxygen atoms in total. The first kappa shape index (κ1) is 16.1. The van der Waals surface area contributed by atoms with Gasteiger partial charge in [0.2, 0.25) is 10.0 Å². The lowest BCUT2D eigenvalue weighted by Gasteiger charge is -2.14. The van der Waals surface area contributed by atoms with E-state index in [-0.39, 0.29) is 11.5 Å². The number of rotatable bonds is 7. The van der Waals surface area contributed by atoms with E-state index < -0.39 is 16.1 Å². The number of benzene rings is 1. The van der Waals surface area contributed by atoms with Gasteiger partial charge >= 0.3 is 0 Å². The molecule has 1 rings (SSSR count). The second-order valence-electron chi connectivity index (χ2n) is 5.15. The number of hydrogen-bond acceptors (Lipinski definition) is 3. The summed E-state index contributed by atoms with van der Waals surface area (Å²) in [5, 5.41) is 9.05. The van der Waals surface area contributed by atoms with E-state index in [4.69, 9.17) is 5.11 Å². The van der Waals surface area contributed by atoms with Crippen LogP contribution < -0.4 is 4.72 Å². The fraction of sp³-hybridized carbons (Fsp3) is 0.571. The maximum absolute atomic E-state index is 12.1. The predicted octanol–water partition coefficient (Wildman–Crippen LogP) is 1.93. The van der Waals surface area contributed by atoms with Gasteiger partial charge in [0.25, 0.3) is 0 Å². The summed E-state index contributed by atoms with van der Waals surface area (Å²) in [6.07, 6.45) is 1.49. The van der Waals surface area contributed by atoms with Crippen LogP contribution in [0.3, 0.4) is 0 Å². The van der Waals surface area contributed by atoms with E-state index in [2.05, 4.69) is 18.6 Å². The summed E-state index contributed by atoms with van der Waals surface area (Å²) in [5.41, 5.74) is 1.13. The number of hydrogen-bond donors (Lipinski definition) is 2. The molecule has 0 spiro atoms. The maximum Gasteiger partial charge on any atom is 0.240 e. The molecule has 1 aromatic rings. The molecule has 0 aromatic heterocycles. The molecule has 0 radical (unpaired) electrons. The standard InChI is InChI=1S/C14H23NO3S/c1-4-13(10-16)15-19(17,18)14-7-5-12(6-8-14)9-11(2)3/h5-8,11,13,15-16H,4,9-10H2,1-3H3/t13-/m1/s1. The number of aliphatic hydroxyl groups is 1. The molecule has 0 saturated heterocycles. The van der Waals surface area contributed by atoms with Gasteiger partial charge in [0.15, 0.2) is 0 Å². The quantitative estimate of drug-likeness (QED) is 0.804. The summed E-state index contributed by atoms with van der Waals surface area (Å²) in [6.45, 7) is 5.88. The van der Waals surface area contributed by atoms with Gasteiger partial charge in [0, 0.05) is 6.04 Å². The Balaban J connectivity index is 2.84. The van der Waals surface area contributed by atoms with Crippen molar-refractivity contribution in [2.45, 2.75) is 44.6 Å². The van der Waals surface area contributed by atoms with E-state index in [1.807, 2.05) is 19.1 Å². The second-order valence-corrected chi connectivity index (χ2v) is 6.86. The Bertz CT molecular complexity index is 476. The third-order valence-electron chi connectivity index (χ3n) is 2.91. The first-order valence-corrected chi connectivity index (χ1v) is 8.09. The first-order valence-electron chi connectivity index (χ1n) is 6.61. The average molecular weight is 285 g/mol. The Morgan fingerprint density at radius 1 is 1.21 bits per heavy atom. The van der Waals surface area contributed by atoms with Gasteiger partial charge in [-0.1, -0.05) is 32.9 Å². The number of nitrogens with one attached hydrogen (secondary N) is 1. The first-order chi connectivity index (χ1) is 8.89. The van der Waals surface area contributed by atoms with Crippen LogP contribution in [0, 0.1) is 5.92 Å². The molecule has 0 unspecified atom stereocenters. The monoisotopic (exact) mass is 285 g/mol. The van der Waals surface area contributed by atoms with Gasteiger partial charge in [-0.05, 0) is 36.5 Å². The zero-order chi connectivity index (χ0) is 14.5. The molecule has 0 fully saturated rings. The van der Waals surface area contributed by atoms with Crippen molar-refractivity contribution >= 4 is 10.0 Å². The summed E-state index contributed by atoms with van der Waals surface area (Å²) in [4.78, 5) is 0.243. The van der Waals surface area contributed by atoms with E-state index in [1.54, 1.807) is 12.1 Å². The van der Waals surface area contributed by atoms with Crippen LogP contribution in [-0.2, 0) is 16.4 Å². The van der Waals surface area contributed by atoms with Crippen LogP contribution in [0.2, 0.25) is 0 Å². The minimum Gasteiger partial charge on any atom is -0.395 e. The van der Waals surface area contributed by atoms with E-state index >= 15 is 0 Å². The molecule has 5 heteroatoms. The Hall–Kier alpha value is -0.910. The lowest BCUT2D eigenvalue weighted by Crippen LogP contribution is -2.36. The summed E-state index contributed by atoms with van der Waals surface area (Å²) in [5.74, 6) is 0.541. The Kier molecular flexibility index (Phi) is 5.97. The SMILES string of the molecule is CC[C@H](CO)NS(=O)(=O)c1ccc(CC(C)C)cc1. The molecular weight excluding hydrogens is 262 g/mol. The lowest BCUT2D eigenvalue weighted by atomic mass is 10.0. The van der Waals surface area contributed by atoms with E-state index in [9.17, 15) is 8.42 Å². The topological polar surface area (TPSA) is 66.4 Å². The molecule has 0 aliphatic heterocycles. The molecule has 108 valence electrons. The van der Waals surface area contributed by atoms with Crippen LogP contribution >= 0.6 is 0 Å². The zero-order valence-electron chi connectivity index (χ0n) is 11.8. The normalized spacial score (nSPS) is 13.7. The Labute approximate surface area is 115 Å². The predicted molar refractivity (Wildman–Crippen MR) is 76.5 cm³/mol. The van der Waals surface area contributed by atoms with Gasteiger partial charge in [-0.25, -0.2) is 13.1 Å². The minimum atomic E-state index is -3.54. The second kappa shape index (κ2) is 7.03. The molecule has 0 aliphatic carbocycles. The number of aliphatic hydroxyl groups excluding tert-OH is 1. The van der Waals surface area contributed by atoms with Gasteiger partial charge in [-0.2, -0.15) is 0 Å². The van der Waals surface area contributed by atoms with Crippen molar-refractivity contribution in [1.82, 2.24) is 4.72 Å². The third-order valence-corrected chi connectivity index (χ3v) is 4.45. The zero-order valence-corrected chi connectivity index (χ0v) is 12.6. The summed E-state index contributed by atoms with van der Waals surface area (Å²) in [7, 11) is -3.54. The van der Waals surface area contributed by atoms with Gasteiger partial charge in [0.1, 0.15) is 0 Å². The largest absolute Gasteiger partial charge is 0.395 e. The van der Waals surface area contributed by atoms with Crippen molar-refractivity contribution in [3.05, 3.63) is 29.8 Å². The highest BCUT2D eigenvalue weighted by Gasteiger charge is 2.18. The Morgan fingerprint density at radius 2 is 1.79 bits per heavy atom. The van der Waals surface area contributed by atoms with Crippen molar-refractivity contribution < 1.29 is 13.5 Å². The third kappa shape index (κ3) is 4.93. The fourth-order valence-electron chi connectivity index (χ4n) is 1.81. The molecule has 0 saturated carbocycles. The lowest BCUT2D eigenvalue weighted by molar-refractivity contribution is 0.254. The van der Waals surface area contributed by atoms with Gasteiger partial charge < -0.3 is 5.11 Å². The van der Waals surface area contributed by atoms with Gasteiger partial charge in [-0.15, -0.1) is 0 Å². The van der Waals surface area contributed by atoms with Gasteiger partial charge in [-0.3, -0.25) is 0 Å². The van der Waals surface area contributed by atoms with Crippen molar-refractivity contribution in [1.29, 1.82) is 0 Å². The molecule has 19 heavy (non-hydrogen) atoms. The molecule has 0 amide bonds. The smallest absolute Gasteiger partial charge is 0.240 e. The van der Waals surface area contributed by atoms with Crippen LogP contribution in [0.25, 0.3) is 0 Å². The van der Waals surface area contributed by atoms with Crippen molar-refractivity contribution in [3.8, 4) is 0 Å². The molecule has 1 aromatic carbocycles. The highest BCUT2D eigenvalue weighted by Crippen LogP contribution is 2.14. The van der Waals surface area contributed by atoms with E-state index in [1.165, 1.54) is 0 Å². The molecular formula is C14H23NO3S. The fourth-order valence-corrected chi connectivity index (χ4v) is 3.12. The van der Waals surface area contributed by atoms with E-state index in [0.717, 1.165) is 12.0 Å². The van der Waals surface area contributed by atoms with Crippen molar-refractivity contribution in [3.63, 3.8) is 0 Å². The van der Waals surface area contributed by atoms with Crippen LogP contribution in [0.5, 0.6) is 0 Å². The number of sulfonamides is 1. The Morgan fingerprint density at radius 3 is 2.21 bits per heavy atom. The van der Waals surface area contributed by atoms with Crippen LogP contribution in [0.4, 0.5) is 0 Å². The van der Waals surface area contributed by atoms with Crippen LogP contribution in [0.15, 0.2) is 29.2 Å². The van der Waals surface area contributed by atoms with Gasteiger partial charge in [0.05, 0.1) is 11.5 Å². The minimum absolute atomic E-state index is 0.193. The molecule has 0 heterocycles. The van der Waals surface area contributed by atoms with E-state index in [0.29, 0.717) is 12.3 Å².